The summed E-state index contributed by atoms with van der Waals surface area (Å²) in [4.78, 5) is 13.3. The van der Waals surface area contributed by atoms with Gasteiger partial charge in [0.05, 0.1) is 0 Å². The molecule has 1 aliphatic rings. The van der Waals surface area contributed by atoms with E-state index in [1.54, 1.807) is 6.20 Å². The van der Waals surface area contributed by atoms with Gasteiger partial charge in [-0.05, 0) is 44.6 Å². The standard InChI is InChI=1S/C18H26N6OS/c1-3-19-18(22-13-7-8-14(12-13)26-2)21-11-9-16-23-17(25-24-16)15-6-4-5-10-20-15/h4-6,10,13-14H,3,7-9,11-12H2,1-2H3,(H2,19,21,22). The molecule has 3 rings (SSSR count). The van der Waals surface area contributed by atoms with E-state index in [9.17, 15) is 0 Å². The van der Waals surface area contributed by atoms with Crippen molar-refractivity contribution in [3.05, 3.63) is 30.2 Å². The van der Waals surface area contributed by atoms with Crippen LogP contribution in [0.2, 0.25) is 0 Å². The summed E-state index contributed by atoms with van der Waals surface area (Å²) >= 11 is 1.96. The highest BCUT2D eigenvalue weighted by Crippen LogP contribution is 2.28. The van der Waals surface area contributed by atoms with Gasteiger partial charge in [-0.1, -0.05) is 11.2 Å². The van der Waals surface area contributed by atoms with E-state index in [2.05, 4.69) is 43.9 Å². The number of nitrogens with one attached hydrogen (secondary N) is 2. The summed E-state index contributed by atoms with van der Waals surface area (Å²) in [6, 6.07) is 6.11. The number of aliphatic imine (C=N–C) groups is 1. The van der Waals surface area contributed by atoms with Gasteiger partial charge in [-0.2, -0.15) is 16.7 Å². The zero-order valence-electron chi connectivity index (χ0n) is 15.3. The molecule has 8 heteroatoms. The number of hydrogen-bond donors (Lipinski definition) is 2. The second-order valence-corrected chi connectivity index (χ2v) is 7.39. The van der Waals surface area contributed by atoms with Crippen LogP contribution in [0.5, 0.6) is 0 Å². The van der Waals surface area contributed by atoms with E-state index in [1.165, 1.54) is 19.3 Å². The maximum absolute atomic E-state index is 5.28. The number of nitrogens with zero attached hydrogens (tertiary/aromatic N) is 4. The van der Waals surface area contributed by atoms with E-state index in [0.717, 1.165) is 17.8 Å². The molecule has 1 fully saturated rings. The first kappa shape index (κ1) is 18.7. The van der Waals surface area contributed by atoms with Gasteiger partial charge in [-0.15, -0.1) is 0 Å². The van der Waals surface area contributed by atoms with Crippen LogP contribution in [0.25, 0.3) is 11.6 Å². The Labute approximate surface area is 158 Å². The third-order valence-electron chi connectivity index (χ3n) is 4.36. The quantitative estimate of drug-likeness (QED) is 0.569. The van der Waals surface area contributed by atoms with Gasteiger partial charge in [0.2, 0.25) is 0 Å². The zero-order valence-corrected chi connectivity index (χ0v) is 16.1. The third-order valence-corrected chi connectivity index (χ3v) is 5.46. The molecule has 0 spiro atoms. The van der Waals surface area contributed by atoms with Crippen LogP contribution in [0.4, 0.5) is 0 Å². The van der Waals surface area contributed by atoms with Gasteiger partial charge in [0.1, 0.15) is 5.69 Å². The smallest absolute Gasteiger partial charge is 0.276 e. The summed E-state index contributed by atoms with van der Waals surface area (Å²) in [5.41, 5.74) is 0.689. The molecule has 0 bridgehead atoms. The molecule has 1 saturated carbocycles. The van der Waals surface area contributed by atoms with E-state index in [1.807, 2.05) is 30.0 Å². The van der Waals surface area contributed by atoms with Gasteiger partial charge in [0, 0.05) is 37.0 Å². The SMILES string of the molecule is CCNC(=NCCc1noc(-c2ccccn2)n1)NC1CCC(SC)C1. The molecule has 26 heavy (non-hydrogen) atoms. The summed E-state index contributed by atoms with van der Waals surface area (Å²) in [6.07, 6.45) is 8.21. The normalized spacial score (nSPS) is 20.3. The van der Waals surface area contributed by atoms with E-state index in [4.69, 9.17) is 4.52 Å². The lowest BCUT2D eigenvalue weighted by Gasteiger charge is -2.17. The van der Waals surface area contributed by atoms with Crippen molar-refractivity contribution >= 4 is 17.7 Å². The summed E-state index contributed by atoms with van der Waals surface area (Å²) in [7, 11) is 0. The van der Waals surface area contributed by atoms with Gasteiger partial charge in [-0.3, -0.25) is 9.98 Å². The van der Waals surface area contributed by atoms with Crippen molar-refractivity contribution in [1.82, 2.24) is 25.8 Å². The van der Waals surface area contributed by atoms with Gasteiger partial charge >= 0.3 is 0 Å². The summed E-state index contributed by atoms with van der Waals surface area (Å²) < 4.78 is 5.28. The number of hydrogen-bond acceptors (Lipinski definition) is 6. The largest absolute Gasteiger partial charge is 0.357 e. The fourth-order valence-corrected chi connectivity index (χ4v) is 3.81. The molecular weight excluding hydrogens is 348 g/mol. The predicted octanol–water partition coefficient (Wildman–Crippen LogP) is 2.51. The Kier molecular flexibility index (Phi) is 6.88. The van der Waals surface area contributed by atoms with E-state index in [-0.39, 0.29) is 0 Å². The summed E-state index contributed by atoms with van der Waals surface area (Å²) in [5, 5.41) is 11.7. The Morgan fingerprint density at radius 3 is 3.04 bits per heavy atom. The fraction of sp³-hybridized carbons (Fsp3) is 0.556. The lowest BCUT2D eigenvalue weighted by molar-refractivity contribution is 0.421. The highest BCUT2D eigenvalue weighted by molar-refractivity contribution is 7.99. The Bertz CT molecular complexity index is 705. The Balaban J connectivity index is 1.53. The minimum Gasteiger partial charge on any atom is -0.357 e. The van der Waals surface area contributed by atoms with Crippen LogP contribution >= 0.6 is 11.8 Å². The first-order chi connectivity index (χ1) is 12.8. The lowest BCUT2D eigenvalue weighted by atomic mass is 10.2. The molecule has 7 nitrogen and oxygen atoms in total. The van der Waals surface area contributed by atoms with Crippen LogP contribution in [0, 0.1) is 0 Å². The van der Waals surface area contributed by atoms with Crippen molar-refractivity contribution in [2.45, 2.75) is 43.9 Å². The summed E-state index contributed by atoms with van der Waals surface area (Å²) in [6.45, 7) is 3.53. The molecule has 2 heterocycles. The lowest BCUT2D eigenvalue weighted by Crippen LogP contribution is -2.42. The first-order valence-corrected chi connectivity index (χ1v) is 10.4. The Hall–Kier alpha value is -2.09. The molecule has 0 saturated heterocycles. The number of aromatic nitrogens is 3. The van der Waals surface area contributed by atoms with Crippen LogP contribution < -0.4 is 10.6 Å². The van der Waals surface area contributed by atoms with Gasteiger partial charge in [-0.25, -0.2) is 0 Å². The fourth-order valence-electron chi connectivity index (χ4n) is 3.02. The molecular formula is C18H26N6OS. The number of thioether (sulfide) groups is 1. The van der Waals surface area contributed by atoms with Crippen molar-refractivity contribution < 1.29 is 4.52 Å². The van der Waals surface area contributed by atoms with Gasteiger partial charge in [0.25, 0.3) is 5.89 Å². The minimum absolute atomic E-state index is 0.448. The van der Waals surface area contributed by atoms with Gasteiger partial charge < -0.3 is 15.2 Å². The third kappa shape index (κ3) is 5.20. The number of pyridine rings is 1. The monoisotopic (exact) mass is 374 g/mol. The molecule has 2 unspecified atom stereocenters. The second-order valence-electron chi connectivity index (χ2n) is 6.25. The van der Waals surface area contributed by atoms with Crippen LogP contribution in [0.1, 0.15) is 32.0 Å². The van der Waals surface area contributed by atoms with E-state index < -0.39 is 0 Å². The Morgan fingerprint density at radius 2 is 2.31 bits per heavy atom. The molecule has 0 radical (unpaired) electrons. The number of rotatable bonds is 7. The Morgan fingerprint density at radius 1 is 1.38 bits per heavy atom. The average molecular weight is 375 g/mol. The van der Waals surface area contributed by atoms with Crippen molar-refractivity contribution in [3.8, 4) is 11.6 Å². The molecule has 1 aliphatic carbocycles. The second kappa shape index (κ2) is 9.56. The maximum atomic E-state index is 5.28. The van der Waals surface area contributed by atoms with Crippen LogP contribution in [0.15, 0.2) is 33.9 Å². The predicted molar refractivity (Wildman–Crippen MR) is 105 cm³/mol. The number of guanidine groups is 1. The molecule has 0 aromatic carbocycles. The topological polar surface area (TPSA) is 88.2 Å². The summed E-state index contributed by atoms with van der Waals surface area (Å²) in [5.74, 6) is 1.96. The van der Waals surface area contributed by atoms with E-state index >= 15 is 0 Å². The highest BCUT2D eigenvalue weighted by Gasteiger charge is 2.24. The molecule has 0 aliphatic heterocycles. The minimum atomic E-state index is 0.448. The van der Waals surface area contributed by atoms with Crippen LogP contribution in [-0.2, 0) is 6.42 Å². The maximum Gasteiger partial charge on any atom is 0.276 e. The molecule has 2 N–H and O–H groups in total. The highest BCUT2D eigenvalue weighted by atomic mass is 32.2. The first-order valence-electron chi connectivity index (χ1n) is 9.10. The molecule has 140 valence electrons. The molecule has 0 amide bonds. The van der Waals surface area contributed by atoms with Gasteiger partial charge in [0.15, 0.2) is 11.8 Å². The average Bonchev–Trinajstić information content (AvgIpc) is 3.32. The van der Waals surface area contributed by atoms with E-state index in [0.29, 0.717) is 36.4 Å². The zero-order chi connectivity index (χ0) is 18.2. The van der Waals surface area contributed by atoms with Crippen molar-refractivity contribution in [2.75, 3.05) is 19.3 Å². The molecule has 2 aromatic heterocycles. The van der Waals surface area contributed by atoms with Crippen molar-refractivity contribution in [3.63, 3.8) is 0 Å². The van der Waals surface area contributed by atoms with Crippen molar-refractivity contribution in [2.24, 2.45) is 4.99 Å². The van der Waals surface area contributed by atoms with Crippen LogP contribution in [-0.4, -0.2) is 51.7 Å². The van der Waals surface area contributed by atoms with Crippen LogP contribution in [0.3, 0.4) is 0 Å². The molecule has 2 atom stereocenters. The molecule has 2 aromatic rings. The van der Waals surface area contributed by atoms with Crippen molar-refractivity contribution in [1.29, 1.82) is 0 Å².